The van der Waals surface area contributed by atoms with Crippen LogP contribution in [0.15, 0.2) is 0 Å². The molecular weight excluding hydrogens is 212 g/mol. The van der Waals surface area contributed by atoms with Crippen LogP contribution in [0.1, 0.15) is 12.7 Å². The van der Waals surface area contributed by atoms with Gasteiger partial charge in [0, 0.05) is 31.0 Å². The fraction of sp³-hybridized carbons (Fsp3) is 0.778. The van der Waals surface area contributed by atoms with Gasteiger partial charge in [0.05, 0.1) is 19.3 Å². The van der Waals surface area contributed by atoms with Crippen LogP contribution in [0.2, 0.25) is 0 Å². The zero-order valence-corrected chi connectivity index (χ0v) is 9.66. The van der Waals surface area contributed by atoms with Crippen molar-refractivity contribution in [3.05, 3.63) is 5.82 Å². The van der Waals surface area contributed by atoms with E-state index >= 15 is 0 Å². The van der Waals surface area contributed by atoms with E-state index in [0.717, 1.165) is 30.5 Å². The van der Waals surface area contributed by atoms with Gasteiger partial charge in [0.1, 0.15) is 5.82 Å². The maximum Gasteiger partial charge on any atom is 0.205 e. The number of rotatable bonds is 3. The van der Waals surface area contributed by atoms with Gasteiger partial charge in [0.15, 0.2) is 0 Å². The van der Waals surface area contributed by atoms with Crippen LogP contribution in [0, 0.1) is 0 Å². The lowest BCUT2D eigenvalue weighted by molar-refractivity contribution is 0.0962. The third-order valence-corrected chi connectivity index (χ3v) is 3.31. The van der Waals surface area contributed by atoms with Gasteiger partial charge in [-0.1, -0.05) is 6.92 Å². The van der Waals surface area contributed by atoms with E-state index in [1.165, 1.54) is 11.5 Å². The number of ether oxygens (including phenoxy) is 1. The van der Waals surface area contributed by atoms with Crippen LogP contribution in [-0.4, -0.2) is 41.7 Å². The lowest BCUT2D eigenvalue weighted by Crippen LogP contribution is -2.49. The number of nitrogens with two attached hydrogens (primary N) is 1. The fourth-order valence-corrected chi connectivity index (χ4v) is 2.46. The molecule has 15 heavy (non-hydrogen) atoms. The smallest absolute Gasteiger partial charge is 0.205 e. The largest absolute Gasteiger partial charge is 0.377 e. The van der Waals surface area contributed by atoms with Gasteiger partial charge in [-0.25, -0.2) is 4.98 Å². The van der Waals surface area contributed by atoms with E-state index in [1.807, 2.05) is 0 Å². The van der Waals surface area contributed by atoms with Gasteiger partial charge in [-0.3, -0.25) is 0 Å². The second kappa shape index (κ2) is 4.87. The quantitative estimate of drug-likeness (QED) is 0.804. The number of hydrogen-bond donors (Lipinski definition) is 1. The molecule has 6 heteroatoms. The van der Waals surface area contributed by atoms with Crippen LogP contribution in [0.4, 0.5) is 5.13 Å². The zero-order chi connectivity index (χ0) is 10.7. The van der Waals surface area contributed by atoms with Crippen molar-refractivity contribution in [3.63, 3.8) is 0 Å². The monoisotopic (exact) mass is 228 g/mol. The summed E-state index contributed by atoms with van der Waals surface area (Å²) in [6.07, 6.45) is 0.883. The molecule has 0 aromatic carbocycles. The van der Waals surface area contributed by atoms with Gasteiger partial charge >= 0.3 is 0 Å². The van der Waals surface area contributed by atoms with E-state index in [-0.39, 0.29) is 6.04 Å². The SMILES string of the molecule is CCc1nsc(N2CCOCC2CN)n1. The van der Waals surface area contributed by atoms with Crippen molar-refractivity contribution in [1.29, 1.82) is 0 Å². The Labute approximate surface area is 93.4 Å². The first-order chi connectivity index (χ1) is 7.35. The third-order valence-electron chi connectivity index (χ3n) is 2.52. The number of morpholine rings is 1. The van der Waals surface area contributed by atoms with Crippen LogP contribution in [0.25, 0.3) is 0 Å². The number of nitrogens with zero attached hydrogens (tertiary/aromatic N) is 3. The molecule has 2 heterocycles. The van der Waals surface area contributed by atoms with Crippen molar-refractivity contribution in [2.45, 2.75) is 19.4 Å². The van der Waals surface area contributed by atoms with Crippen molar-refractivity contribution in [1.82, 2.24) is 9.36 Å². The molecule has 1 saturated heterocycles. The van der Waals surface area contributed by atoms with Crippen LogP contribution in [0.3, 0.4) is 0 Å². The maximum atomic E-state index is 5.71. The Kier molecular flexibility index (Phi) is 3.50. The van der Waals surface area contributed by atoms with Gasteiger partial charge in [-0.05, 0) is 0 Å². The molecule has 1 aromatic heterocycles. The second-order valence-electron chi connectivity index (χ2n) is 3.50. The van der Waals surface area contributed by atoms with Gasteiger partial charge in [-0.2, -0.15) is 4.37 Å². The van der Waals surface area contributed by atoms with E-state index in [0.29, 0.717) is 13.2 Å². The third kappa shape index (κ3) is 2.27. The number of aromatic nitrogens is 2. The van der Waals surface area contributed by atoms with Crippen molar-refractivity contribution >= 4 is 16.7 Å². The first-order valence-corrected chi connectivity index (χ1v) is 5.99. The van der Waals surface area contributed by atoms with Gasteiger partial charge in [-0.15, -0.1) is 0 Å². The molecule has 1 atom stereocenters. The summed E-state index contributed by atoms with van der Waals surface area (Å²) in [6, 6.07) is 0.247. The number of hydrogen-bond acceptors (Lipinski definition) is 6. The summed E-state index contributed by atoms with van der Waals surface area (Å²) in [4.78, 5) is 6.68. The summed E-state index contributed by atoms with van der Waals surface area (Å²) < 4.78 is 9.68. The highest BCUT2D eigenvalue weighted by Crippen LogP contribution is 2.21. The molecule has 84 valence electrons. The first-order valence-electron chi connectivity index (χ1n) is 5.22. The normalized spacial score (nSPS) is 22.0. The Morgan fingerprint density at radius 2 is 2.53 bits per heavy atom. The standard InChI is InChI=1S/C9H16N4OS/c1-2-8-11-9(15-12-8)13-3-4-14-6-7(13)5-10/h7H,2-6,10H2,1H3. The van der Waals surface area contributed by atoms with Gasteiger partial charge in [0.2, 0.25) is 5.13 Å². The predicted octanol–water partition coefficient (Wildman–Crippen LogP) is 0.264. The van der Waals surface area contributed by atoms with Crippen LogP contribution in [-0.2, 0) is 11.2 Å². The molecule has 5 nitrogen and oxygen atoms in total. The van der Waals surface area contributed by atoms with E-state index < -0.39 is 0 Å². The highest BCUT2D eigenvalue weighted by molar-refractivity contribution is 7.09. The van der Waals surface area contributed by atoms with Crippen molar-refractivity contribution in [2.24, 2.45) is 5.73 Å². The summed E-state index contributed by atoms with van der Waals surface area (Å²) in [6.45, 7) is 4.96. The van der Waals surface area contributed by atoms with Gasteiger partial charge < -0.3 is 15.4 Å². The topological polar surface area (TPSA) is 64.3 Å². The lowest BCUT2D eigenvalue weighted by Gasteiger charge is -2.34. The average molecular weight is 228 g/mol. The lowest BCUT2D eigenvalue weighted by atomic mass is 10.2. The summed E-state index contributed by atoms with van der Waals surface area (Å²) >= 11 is 1.45. The molecule has 2 N–H and O–H groups in total. The van der Waals surface area contributed by atoms with E-state index in [9.17, 15) is 0 Å². The predicted molar refractivity (Wildman–Crippen MR) is 60.3 cm³/mol. The van der Waals surface area contributed by atoms with E-state index in [4.69, 9.17) is 10.5 Å². The Morgan fingerprint density at radius 1 is 1.67 bits per heavy atom. The fourth-order valence-electron chi connectivity index (χ4n) is 1.61. The molecule has 0 radical (unpaired) electrons. The molecule has 0 amide bonds. The minimum atomic E-state index is 0.247. The Balaban J connectivity index is 2.12. The van der Waals surface area contributed by atoms with Crippen LogP contribution < -0.4 is 10.6 Å². The highest BCUT2D eigenvalue weighted by atomic mass is 32.1. The van der Waals surface area contributed by atoms with E-state index in [1.54, 1.807) is 0 Å². The number of anilines is 1. The molecule has 1 aliphatic heterocycles. The summed E-state index contributed by atoms with van der Waals surface area (Å²) in [5.74, 6) is 0.914. The van der Waals surface area contributed by atoms with Crippen LogP contribution in [0.5, 0.6) is 0 Å². The van der Waals surface area contributed by atoms with Crippen molar-refractivity contribution in [3.8, 4) is 0 Å². The van der Waals surface area contributed by atoms with Crippen LogP contribution >= 0.6 is 11.5 Å². The molecule has 0 bridgehead atoms. The molecular formula is C9H16N4OS. The Bertz CT molecular complexity index is 317. The number of aryl methyl sites for hydroxylation is 1. The molecule has 1 fully saturated rings. The highest BCUT2D eigenvalue weighted by Gasteiger charge is 2.24. The van der Waals surface area contributed by atoms with E-state index in [2.05, 4.69) is 21.2 Å². The summed E-state index contributed by atoms with van der Waals surface area (Å²) in [5.41, 5.74) is 5.71. The average Bonchev–Trinajstić information content (AvgIpc) is 2.77. The molecule has 0 saturated carbocycles. The van der Waals surface area contributed by atoms with Gasteiger partial charge in [0.25, 0.3) is 0 Å². The Hall–Kier alpha value is -0.720. The molecule has 0 spiro atoms. The maximum absolute atomic E-state index is 5.71. The molecule has 1 aromatic rings. The minimum absolute atomic E-state index is 0.247. The summed E-state index contributed by atoms with van der Waals surface area (Å²) in [5, 5.41) is 0.977. The second-order valence-corrected chi connectivity index (χ2v) is 4.23. The molecule has 1 aliphatic rings. The summed E-state index contributed by atoms with van der Waals surface area (Å²) in [7, 11) is 0. The van der Waals surface area contributed by atoms with Crippen molar-refractivity contribution < 1.29 is 4.74 Å². The minimum Gasteiger partial charge on any atom is -0.377 e. The Morgan fingerprint density at radius 3 is 3.20 bits per heavy atom. The molecule has 2 rings (SSSR count). The zero-order valence-electron chi connectivity index (χ0n) is 8.85. The molecule has 0 aliphatic carbocycles. The first kappa shape index (κ1) is 10.8. The van der Waals surface area contributed by atoms with Crippen molar-refractivity contribution in [2.75, 3.05) is 31.2 Å². The molecule has 1 unspecified atom stereocenters.